The number of nitrogens with two attached hydrogens (primary N) is 1. The van der Waals surface area contributed by atoms with Crippen LogP contribution in [0, 0.1) is 0 Å². The van der Waals surface area contributed by atoms with Gasteiger partial charge >= 0.3 is 0 Å². The van der Waals surface area contributed by atoms with E-state index in [0.717, 1.165) is 10.7 Å². The number of hydrogen-bond donors (Lipinski definition) is 1. The molecule has 0 aromatic carbocycles. The van der Waals surface area contributed by atoms with Crippen LogP contribution in [-0.4, -0.2) is 9.38 Å². The van der Waals surface area contributed by atoms with Gasteiger partial charge in [-0.3, -0.25) is 4.40 Å². The first-order valence-electron chi connectivity index (χ1n) is 3.01. The maximum absolute atomic E-state index is 5.48. The van der Waals surface area contributed by atoms with Gasteiger partial charge < -0.3 is 5.73 Å². The van der Waals surface area contributed by atoms with Gasteiger partial charge in [-0.25, -0.2) is 4.98 Å². The molecule has 0 unspecified atom stereocenters. The van der Waals surface area contributed by atoms with Gasteiger partial charge in [0.15, 0.2) is 4.96 Å². The number of nitrogens with zero attached hydrogens (tertiary/aromatic N) is 2. The highest BCUT2D eigenvalue weighted by Crippen LogP contribution is 2.12. The van der Waals surface area contributed by atoms with Crippen molar-refractivity contribution in [3.05, 3.63) is 23.5 Å². The van der Waals surface area contributed by atoms with E-state index in [1.165, 1.54) is 0 Å². The zero-order valence-electron chi connectivity index (χ0n) is 5.32. The van der Waals surface area contributed by atoms with E-state index in [-0.39, 0.29) is 0 Å². The predicted molar refractivity (Wildman–Crippen MR) is 41.0 cm³/mol. The summed E-state index contributed by atoms with van der Waals surface area (Å²) in [6.45, 7) is 0.580. The molecule has 4 heteroatoms. The molecule has 0 saturated carbocycles. The van der Waals surface area contributed by atoms with Crippen LogP contribution in [0.4, 0.5) is 0 Å². The van der Waals surface area contributed by atoms with E-state index in [9.17, 15) is 0 Å². The van der Waals surface area contributed by atoms with Crippen LogP contribution in [0.2, 0.25) is 0 Å². The highest BCUT2D eigenvalue weighted by Gasteiger charge is 1.99. The van der Waals surface area contributed by atoms with Gasteiger partial charge in [-0.2, -0.15) is 0 Å². The SMILES string of the molecule is NCc1csc2nccn12. The third-order valence-corrected chi connectivity index (χ3v) is 2.33. The molecule has 0 atom stereocenters. The lowest BCUT2D eigenvalue weighted by Gasteiger charge is -1.89. The van der Waals surface area contributed by atoms with Crippen molar-refractivity contribution >= 4 is 16.3 Å². The Morgan fingerprint density at radius 2 is 2.60 bits per heavy atom. The van der Waals surface area contributed by atoms with Crippen molar-refractivity contribution < 1.29 is 0 Å². The molecule has 2 aromatic heterocycles. The monoisotopic (exact) mass is 153 g/mol. The van der Waals surface area contributed by atoms with Gasteiger partial charge in [0.25, 0.3) is 0 Å². The lowest BCUT2D eigenvalue weighted by Crippen LogP contribution is -1.98. The minimum absolute atomic E-state index is 0.580. The Balaban J connectivity index is 2.76. The van der Waals surface area contributed by atoms with E-state index in [4.69, 9.17) is 5.73 Å². The van der Waals surface area contributed by atoms with Crippen LogP contribution >= 0.6 is 11.3 Å². The number of thiazole rings is 1. The Bertz CT molecular complexity index is 335. The highest BCUT2D eigenvalue weighted by molar-refractivity contribution is 7.15. The van der Waals surface area contributed by atoms with Crippen LogP contribution in [0.25, 0.3) is 4.96 Å². The quantitative estimate of drug-likeness (QED) is 0.660. The number of imidazole rings is 1. The summed E-state index contributed by atoms with van der Waals surface area (Å²) in [4.78, 5) is 5.13. The van der Waals surface area contributed by atoms with Crippen molar-refractivity contribution in [2.24, 2.45) is 5.73 Å². The summed E-state index contributed by atoms with van der Waals surface area (Å²) in [5.41, 5.74) is 6.60. The summed E-state index contributed by atoms with van der Waals surface area (Å²) < 4.78 is 2.00. The number of rotatable bonds is 1. The molecule has 2 N–H and O–H groups in total. The molecule has 0 saturated heterocycles. The fourth-order valence-electron chi connectivity index (χ4n) is 0.919. The standard InChI is InChI=1S/C6H7N3S/c7-3-5-4-10-6-8-1-2-9(5)6/h1-2,4H,3,7H2. The average Bonchev–Trinajstić information content (AvgIpc) is 2.44. The van der Waals surface area contributed by atoms with Crippen molar-refractivity contribution in [2.75, 3.05) is 0 Å². The Labute approximate surface area is 62.1 Å². The number of hydrogen-bond acceptors (Lipinski definition) is 3. The average molecular weight is 153 g/mol. The molecule has 0 aliphatic carbocycles. The molecule has 2 aromatic rings. The zero-order valence-corrected chi connectivity index (χ0v) is 6.14. The van der Waals surface area contributed by atoms with Crippen molar-refractivity contribution in [3.8, 4) is 0 Å². The first kappa shape index (κ1) is 5.88. The summed E-state index contributed by atoms with van der Waals surface area (Å²) in [6.07, 6.45) is 3.71. The molecule has 0 radical (unpaired) electrons. The molecule has 2 heterocycles. The van der Waals surface area contributed by atoms with Gasteiger partial charge in [-0.15, -0.1) is 11.3 Å². The van der Waals surface area contributed by atoms with Gasteiger partial charge in [0, 0.05) is 30.0 Å². The predicted octanol–water partition coefficient (Wildman–Crippen LogP) is 0.855. The number of fused-ring (bicyclic) bond motifs is 1. The van der Waals surface area contributed by atoms with E-state index >= 15 is 0 Å². The first-order chi connectivity index (χ1) is 4.92. The second kappa shape index (κ2) is 2.07. The van der Waals surface area contributed by atoms with Gasteiger partial charge in [0.2, 0.25) is 0 Å². The van der Waals surface area contributed by atoms with E-state index < -0.39 is 0 Å². The summed E-state index contributed by atoms with van der Waals surface area (Å²) in [7, 11) is 0. The Morgan fingerprint density at radius 3 is 3.40 bits per heavy atom. The lowest BCUT2D eigenvalue weighted by molar-refractivity contribution is 0.966. The molecule has 2 rings (SSSR count). The summed E-state index contributed by atoms with van der Waals surface area (Å²) in [5, 5.41) is 2.03. The Hall–Kier alpha value is -0.870. The normalized spacial score (nSPS) is 10.9. The maximum Gasteiger partial charge on any atom is 0.193 e. The third kappa shape index (κ3) is 0.661. The second-order valence-electron chi connectivity index (χ2n) is 2.01. The molecule has 52 valence electrons. The molecule has 0 amide bonds. The Kier molecular flexibility index (Phi) is 1.22. The van der Waals surface area contributed by atoms with Crippen LogP contribution in [0.5, 0.6) is 0 Å². The van der Waals surface area contributed by atoms with E-state index in [0.29, 0.717) is 6.54 Å². The van der Waals surface area contributed by atoms with Gasteiger partial charge in [-0.1, -0.05) is 0 Å². The molecular formula is C6H7N3S. The van der Waals surface area contributed by atoms with Crippen molar-refractivity contribution in [2.45, 2.75) is 6.54 Å². The molecule has 0 aliphatic rings. The fourth-order valence-corrected chi connectivity index (χ4v) is 1.78. The maximum atomic E-state index is 5.48. The van der Waals surface area contributed by atoms with Crippen molar-refractivity contribution in [1.29, 1.82) is 0 Å². The van der Waals surface area contributed by atoms with Crippen LogP contribution in [0.3, 0.4) is 0 Å². The molecule has 0 fully saturated rings. The van der Waals surface area contributed by atoms with Crippen molar-refractivity contribution in [1.82, 2.24) is 9.38 Å². The minimum Gasteiger partial charge on any atom is -0.325 e. The molecule has 10 heavy (non-hydrogen) atoms. The topological polar surface area (TPSA) is 43.3 Å². The summed E-state index contributed by atoms with van der Waals surface area (Å²) in [6, 6.07) is 0. The van der Waals surface area contributed by atoms with Gasteiger partial charge in [0.05, 0.1) is 0 Å². The third-order valence-electron chi connectivity index (χ3n) is 1.43. The zero-order chi connectivity index (χ0) is 6.97. The Morgan fingerprint density at radius 1 is 1.70 bits per heavy atom. The van der Waals surface area contributed by atoms with E-state index in [2.05, 4.69) is 4.98 Å². The van der Waals surface area contributed by atoms with Crippen LogP contribution in [-0.2, 0) is 6.54 Å². The van der Waals surface area contributed by atoms with Crippen LogP contribution in [0.15, 0.2) is 17.8 Å². The number of aromatic nitrogens is 2. The van der Waals surface area contributed by atoms with Crippen LogP contribution in [0.1, 0.15) is 5.69 Å². The molecular weight excluding hydrogens is 146 g/mol. The smallest absolute Gasteiger partial charge is 0.193 e. The summed E-state index contributed by atoms with van der Waals surface area (Å²) >= 11 is 1.62. The molecule has 3 nitrogen and oxygen atoms in total. The van der Waals surface area contributed by atoms with E-state index in [1.54, 1.807) is 17.5 Å². The van der Waals surface area contributed by atoms with E-state index in [1.807, 2.05) is 16.0 Å². The van der Waals surface area contributed by atoms with Crippen molar-refractivity contribution in [3.63, 3.8) is 0 Å². The molecule has 0 spiro atoms. The minimum atomic E-state index is 0.580. The summed E-state index contributed by atoms with van der Waals surface area (Å²) in [5.74, 6) is 0. The molecule has 0 aliphatic heterocycles. The first-order valence-corrected chi connectivity index (χ1v) is 3.89. The fraction of sp³-hybridized carbons (Fsp3) is 0.167. The van der Waals surface area contributed by atoms with Crippen LogP contribution < -0.4 is 5.73 Å². The molecule has 0 bridgehead atoms. The lowest BCUT2D eigenvalue weighted by atomic mass is 10.5. The highest BCUT2D eigenvalue weighted by atomic mass is 32.1. The van der Waals surface area contributed by atoms with Gasteiger partial charge in [0.1, 0.15) is 0 Å². The second-order valence-corrected chi connectivity index (χ2v) is 2.85. The largest absolute Gasteiger partial charge is 0.325 e. The van der Waals surface area contributed by atoms with Gasteiger partial charge in [-0.05, 0) is 0 Å².